The number of primary sulfonamides is 1. The molecule has 5 nitrogen and oxygen atoms in total. The predicted molar refractivity (Wildman–Crippen MR) is 53.8 cm³/mol. The molecule has 15 heavy (non-hydrogen) atoms. The van der Waals surface area contributed by atoms with Gasteiger partial charge in [-0.25, -0.2) is 17.9 Å². The molecule has 0 aliphatic carbocycles. The van der Waals surface area contributed by atoms with E-state index in [0.717, 1.165) is 18.2 Å². The fraction of sp³-hybridized carbons (Fsp3) is 0.250. The third-order valence-electron chi connectivity index (χ3n) is 1.93. The zero-order chi connectivity index (χ0) is 11.6. The van der Waals surface area contributed by atoms with Crippen molar-refractivity contribution >= 4 is 10.0 Å². The molecule has 1 atom stereocenters. The van der Waals surface area contributed by atoms with Gasteiger partial charge in [-0.3, -0.25) is 0 Å². The van der Waals surface area contributed by atoms with Crippen molar-refractivity contribution in [1.82, 2.24) is 0 Å². The molecule has 0 heterocycles. The van der Waals surface area contributed by atoms with E-state index >= 15 is 0 Å². The highest BCUT2D eigenvalue weighted by Gasteiger charge is 2.18. The number of hydrogen-bond acceptors (Lipinski definition) is 4. The molecule has 1 aromatic rings. The van der Waals surface area contributed by atoms with Crippen LogP contribution in [0.15, 0.2) is 23.1 Å². The highest BCUT2D eigenvalue weighted by Crippen LogP contribution is 2.20. The number of halogens is 1. The van der Waals surface area contributed by atoms with Crippen LogP contribution in [0.2, 0.25) is 0 Å². The number of hydrogen-bond donors (Lipinski definition) is 3. The third kappa shape index (κ3) is 2.72. The summed E-state index contributed by atoms with van der Waals surface area (Å²) in [5.74, 6) is -0.582. The number of benzene rings is 1. The molecule has 0 saturated heterocycles. The van der Waals surface area contributed by atoms with Crippen LogP contribution in [0.1, 0.15) is 11.6 Å². The Bertz CT molecular complexity index is 461. The van der Waals surface area contributed by atoms with Crippen molar-refractivity contribution in [3.63, 3.8) is 0 Å². The second-order valence-electron chi connectivity index (χ2n) is 3.07. The quantitative estimate of drug-likeness (QED) is 0.649. The lowest BCUT2D eigenvalue weighted by Crippen LogP contribution is -2.25. The van der Waals surface area contributed by atoms with Crippen molar-refractivity contribution in [2.45, 2.75) is 10.9 Å². The highest BCUT2D eigenvalue weighted by molar-refractivity contribution is 7.89. The van der Waals surface area contributed by atoms with Crippen molar-refractivity contribution in [3.05, 3.63) is 29.6 Å². The normalized spacial score (nSPS) is 13.9. The van der Waals surface area contributed by atoms with Crippen LogP contribution in [-0.4, -0.2) is 15.0 Å². The molecule has 0 unspecified atom stereocenters. The Hall–Kier alpha value is -1.02. The average molecular weight is 233 g/mol. The molecule has 1 rings (SSSR count). The fourth-order valence-electron chi connectivity index (χ4n) is 1.20. The molecule has 6 N–H and O–H groups in total. The molecule has 0 spiro atoms. The van der Waals surface area contributed by atoms with Gasteiger partial charge < -0.3 is 11.5 Å². The summed E-state index contributed by atoms with van der Waals surface area (Å²) in [6.45, 7) is 0.00593. The lowest BCUT2D eigenvalue weighted by molar-refractivity contribution is 0.589. The topological polar surface area (TPSA) is 112 Å². The summed E-state index contributed by atoms with van der Waals surface area (Å²) in [5, 5.41) is 4.95. The molecule has 7 heteroatoms. The first-order chi connectivity index (χ1) is 6.86. The molecule has 0 radical (unpaired) electrons. The summed E-state index contributed by atoms with van der Waals surface area (Å²) in [5.41, 5.74) is 10.9. The maximum Gasteiger partial charge on any atom is 0.238 e. The van der Waals surface area contributed by atoms with Crippen LogP contribution < -0.4 is 16.6 Å². The zero-order valence-electron chi connectivity index (χ0n) is 7.85. The minimum Gasteiger partial charge on any atom is -0.329 e. The molecule has 0 aromatic heterocycles. The molecule has 0 saturated carbocycles. The van der Waals surface area contributed by atoms with Crippen LogP contribution in [0.3, 0.4) is 0 Å². The monoisotopic (exact) mass is 233 g/mol. The maximum atomic E-state index is 12.9. The summed E-state index contributed by atoms with van der Waals surface area (Å²) in [6, 6.07) is 2.35. The molecule has 84 valence electrons. The Morgan fingerprint density at radius 3 is 2.47 bits per heavy atom. The van der Waals surface area contributed by atoms with Crippen LogP contribution in [0.25, 0.3) is 0 Å². The Labute approximate surface area is 87.1 Å². The first kappa shape index (κ1) is 12.1. The minimum absolute atomic E-state index is 0.00593. The van der Waals surface area contributed by atoms with Crippen molar-refractivity contribution < 1.29 is 12.8 Å². The van der Waals surface area contributed by atoms with E-state index in [2.05, 4.69) is 0 Å². The van der Waals surface area contributed by atoms with Crippen molar-refractivity contribution in [2.75, 3.05) is 6.54 Å². The van der Waals surface area contributed by atoms with Crippen LogP contribution in [0, 0.1) is 5.82 Å². The molecule has 1 aromatic carbocycles. The fourth-order valence-corrected chi connectivity index (χ4v) is 1.99. The van der Waals surface area contributed by atoms with E-state index < -0.39 is 21.9 Å². The number of sulfonamides is 1. The Morgan fingerprint density at radius 1 is 1.40 bits per heavy atom. The van der Waals surface area contributed by atoms with Crippen molar-refractivity contribution in [2.24, 2.45) is 16.6 Å². The third-order valence-corrected chi connectivity index (χ3v) is 2.92. The summed E-state index contributed by atoms with van der Waals surface area (Å²) >= 11 is 0. The molecule has 0 aliphatic heterocycles. The van der Waals surface area contributed by atoms with Gasteiger partial charge in [0.1, 0.15) is 5.82 Å². The molecule has 0 aliphatic rings. The average Bonchev–Trinajstić information content (AvgIpc) is 2.14. The summed E-state index contributed by atoms with van der Waals surface area (Å²) in [4.78, 5) is -0.193. The largest absolute Gasteiger partial charge is 0.329 e. The maximum absolute atomic E-state index is 12.9. The molecular weight excluding hydrogens is 221 g/mol. The Morgan fingerprint density at radius 2 is 2.00 bits per heavy atom. The van der Waals surface area contributed by atoms with Gasteiger partial charge >= 0.3 is 0 Å². The van der Waals surface area contributed by atoms with Gasteiger partial charge in [0, 0.05) is 12.6 Å². The van der Waals surface area contributed by atoms with Crippen LogP contribution in [-0.2, 0) is 10.0 Å². The minimum atomic E-state index is -3.91. The van der Waals surface area contributed by atoms with E-state index in [-0.39, 0.29) is 17.0 Å². The lowest BCUT2D eigenvalue weighted by Gasteiger charge is -2.13. The second kappa shape index (κ2) is 4.23. The van der Waals surface area contributed by atoms with Gasteiger partial charge in [0.15, 0.2) is 0 Å². The van der Waals surface area contributed by atoms with Gasteiger partial charge in [0.05, 0.1) is 4.90 Å². The first-order valence-electron chi connectivity index (χ1n) is 4.14. The highest BCUT2D eigenvalue weighted by atomic mass is 32.2. The van der Waals surface area contributed by atoms with E-state index in [1.807, 2.05) is 0 Å². The standard InChI is InChI=1S/C8H12FN3O2S/c9-5-1-2-8(15(12,13)14)6(3-5)7(11)4-10/h1-3,7H,4,10-11H2,(H2,12,13,14)/t7-/m0/s1. The molecular formula is C8H12FN3O2S. The molecule has 0 bridgehead atoms. The number of rotatable bonds is 3. The first-order valence-corrected chi connectivity index (χ1v) is 5.69. The Balaban J connectivity index is 3.40. The van der Waals surface area contributed by atoms with Gasteiger partial charge in [-0.2, -0.15) is 0 Å². The predicted octanol–water partition coefficient (Wildman–Crippen LogP) is -0.568. The van der Waals surface area contributed by atoms with E-state index in [1.165, 1.54) is 0 Å². The lowest BCUT2D eigenvalue weighted by atomic mass is 10.1. The molecule has 0 fully saturated rings. The van der Waals surface area contributed by atoms with Crippen LogP contribution in [0.5, 0.6) is 0 Å². The van der Waals surface area contributed by atoms with Crippen molar-refractivity contribution in [1.29, 1.82) is 0 Å². The van der Waals surface area contributed by atoms with Gasteiger partial charge in [-0.15, -0.1) is 0 Å². The summed E-state index contributed by atoms with van der Waals surface area (Å²) in [6.07, 6.45) is 0. The van der Waals surface area contributed by atoms with E-state index in [9.17, 15) is 12.8 Å². The summed E-state index contributed by atoms with van der Waals surface area (Å²) < 4.78 is 35.2. The van der Waals surface area contributed by atoms with Gasteiger partial charge in [-0.05, 0) is 23.8 Å². The van der Waals surface area contributed by atoms with Gasteiger partial charge in [0.25, 0.3) is 0 Å². The second-order valence-corrected chi connectivity index (χ2v) is 4.60. The van der Waals surface area contributed by atoms with Crippen molar-refractivity contribution in [3.8, 4) is 0 Å². The summed E-state index contributed by atoms with van der Waals surface area (Å²) in [7, 11) is -3.91. The molecule has 0 amide bonds. The zero-order valence-corrected chi connectivity index (χ0v) is 8.67. The van der Waals surface area contributed by atoms with Crippen LogP contribution in [0.4, 0.5) is 4.39 Å². The van der Waals surface area contributed by atoms with Crippen LogP contribution >= 0.6 is 0 Å². The Kier molecular flexibility index (Phi) is 3.40. The van der Waals surface area contributed by atoms with E-state index in [1.54, 1.807) is 0 Å². The van der Waals surface area contributed by atoms with E-state index in [0.29, 0.717) is 0 Å². The van der Waals surface area contributed by atoms with Gasteiger partial charge in [-0.1, -0.05) is 0 Å². The van der Waals surface area contributed by atoms with Gasteiger partial charge in [0.2, 0.25) is 10.0 Å². The van der Waals surface area contributed by atoms with E-state index in [4.69, 9.17) is 16.6 Å². The number of nitrogens with two attached hydrogens (primary N) is 3. The smallest absolute Gasteiger partial charge is 0.238 e. The SMILES string of the molecule is NC[C@H](N)c1cc(F)ccc1S(N)(=O)=O.